The molecule has 1 saturated heterocycles. The van der Waals surface area contributed by atoms with Crippen molar-refractivity contribution in [2.24, 2.45) is 0 Å². The van der Waals surface area contributed by atoms with Crippen molar-refractivity contribution in [1.29, 1.82) is 0 Å². The van der Waals surface area contributed by atoms with Crippen LogP contribution < -0.4 is 10.6 Å². The molecule has 2 aliphatic heterocycles. The van der Waals surface area contributed by atoms with Gasteiger partial charge in [-0.1, -0.05) is 38.1 Å². The van der Waals surface area contributed by atoms with Gasteiger partial charge in [-0.15, -0.1) is 0 Å². The lowest BCUT2D eigenvalue weighted by atomic mass is 9.92. The van der Waals surface area contributed by atoms with Gasteiger partial charge in [-0.3, -0.25) is 9.80 Å². The van der Waals surface area contributed by atoms with Gasteiger partial charge in [0.15, 0.2) is 0 Å². The molecule has 2 heterocycles. The van der Waals surface area contributed by atoms with Crippen LogP contribution in [-0.4, -0.2) is 84.6 Å². The van der Waals surface area contributed by atoms with Crippen molar-refractivity contribution in [2.75, 3.05) is 46.4 Å². The first-order valence-electron chi connectivity index (χ1n) is 12.7. The van der Waals surface area contributed by atoms with Gasteiger partial charge in [0.2, 0.25) is 0 Å². The topological polar surface area (TPSA) is 94.2 Å². The molecular formula is C27H41N5O4. The molecule has 1 atom stereocenters. The summed E-state index contributed by atoms with van der Waals surface area (Å²) in [6.07, 6.45) is 0. The number of carbonyl (C=O) groups excluding carboxylic acids is 3. The summed E-state index contributed by atoms with van der Waals surface area (Å²) in [5.74, 6) is -0.0496. The summed E-state index contributed by atoms with van der Waals surface area (Å²) in [6, 6.07) is 7.07. The van der Waals surface area contributed by atoms with Crippen LogP contribution in [0, 0.1) is 0 Å². The van der Waals surface area contributed by atoms with Crippen molar-refractivity contribution in [3.05, 3.63) is 46.7 Å². The number of amides is 4. The summed E-state index contributed by atoms with van der Waals surface area (Å²) >= 11 is 0. The van der Waals surface area contributed by atoms with Crippen LogP contribution in [0.15, 0.2) is 35.5 Å². The van der Waals surface area contributed by atoms with Gasteiger partial charge >= 0.3 is 18.0 Å². The Balaban J connectivity index is 1.86. The van der Waals surface area contributed by atoms with Gasteiger partial charge in [0.25, 0.3) is 0 Å². The first-order valence-corrected chi connectivity index (χ1v) is 12.7. The lowest BCUT2D eigenvalue weighted by Crippen LogP contribution is -2.56. The SMILES string of the molecule is CCOC(=O)C1=C(CN2CCN(C(=O)NC(C)(C)C)CC2)N(C)C(=O)N[C@H]1c1ccc(C(C)C)cc1. The minimum absolute atomic E-state index is 0.0763. The maximum Gasteiger partial charge on any atom is 0.338 e. The Morgan fingerprint density at radius 2 is 1.72 bits per heavy atom. The van der Waals surface area contributed by atoms with E-state index in [1.165, 1.54) is 10.5 Å². The summed E-state index contributed by atoms with van der Waals surface area (Å²) < 4.78 is 5.44. The van der Waals surface area contributed by atoms with Crippen molar-refractivity contribution >= 4 is 18.0 Å². The Hall–Kier alpha value is -3.07. The summed E-state index contributed by atoms with van der Waals surface area (Å²) in [4.78, 5) is 44.2. The van der Waals surface area contributed by atoms with Crippen molar-refractivity contribution < 1.29 is 19.1 Å². The van der Waals surface area contributed by atoms with Gasteiger partial charge < -0.3 is 20.3 Å². The van der Waals surface area contributed by atoms with Crippen LogP contribution in [0.25, 0.3) is 0 Å². The highest BCUT2D eigenvalue weighted by molar-refractivity contribution is 5.95. The number of benzene rings is 1. The van der Waals surface area contributed by atoms with Gasteiger partial charge in [0, 0.05) is 51.0 Å². The van der Waals surface area contributed by atoms with Gasteiger partial charge in [0.1, 0.15) is 0 Å². The monoisotopic (exact) mass is 499 g/mol. The van der Waals surface area contributed by atoms with Crippen LogP contribution in [0.5, 0.6) is 0 Å². The van der Waals surface area contributed by atoms with E-state index in [9.17, 15) is 14.4 Å². The Morgan fingerprint density at radius 3 is 2.25 bits per heavy atom. The molecule has 36 heavy (non-hydrogen) atoms. The number of rotatable bonds is 6. The Kier molecular flexibility index (Phi) is 8.66. The fraction of sp³-hybridized carbons (Fsp3) is 0.593. The molecule has 198 valence electrons. The highest BCUT2D eigenvalue weighted by atomic mass is 16.5. The average molecular weight is 500 g/mol. The van der Waals surface area contributed by atoms with E-state index in [0.717, 1.165) is 5.56 Å². The molecule has 1 aromatic carbocycles. The molecule has 1 aromatic rings. The average Bonchev–Trinajstić information content (AvgIpc) is 2.81. The first-order chi connectivity index (χ1) is 16.9. The van der Waals surface area contributed by atoms with Crippen LogP contribution in [0.3, 0.4) is 0 Å². The van der Waals surface area contributed by atoms with E-state index in [1.807, 2.05) is 45.0 Å². The predicted molar refractivity (Wildman–Crippen MR) is 140 cm³/mol. The molecule has 3 rings (SSSR count). The third-order valence-electron chi connectivity index (χ3n) is 6.52. The lowest BCUT2D eigenvalue weighted by molar-refractivity contribution is -0.139. The molecule has 0 unspecified atom stereocenters. The zero-order chi connectivity index (χ0) is 26.6. The second kappa shape index (κ2) is 11.3. The van der Waals surface area contributed by atoms with Crippen molar-refractivity contribution in [3.63, 3.8) is 0 Å². The highest BCUT2D eigenvalue weighted by Gasteiger charge is 2.38. The molecule has 2 N–H and O–H groups in total. The Labute approximate surface area is 214 Å². The zero-order valence-corrected chi connectivity index (χ0v) is 22.7. The maximum absolute atomic E-state index is 13.2. The number of urea groups is 2. The first kappa shape index (κ1) is 27.5. The van der Waals surface area contributed by atoms with Crippen LogP contribution in [0.2, 0.25) is 0 Å². The Morgan fingerprint density at radius 1 is 1.11 bits per heavy atom. The van der Waals surface area contributed by atoms with Crippen LogP contribution in [0.4, 0.5) is 9.59 Å². The second-order valence-corrected chi connectivity index (χ2v) is 10.8. The van der Waals surface area contributed by atoms with E-state index >= 15 is 0 Å². The van der Waals surface area contributed by atoms with E-state index < -0.39 is 12.0 Å². The lowest BCUT2D eigenvalue weighted by Gasteiger charge is -2.40. The van der Waals surface area contributed by atoms with E-state index in [0.29, 0.717) is 49.9 Å². The molecule has 9 nitrogen and oxygen atoms in total. The van der Waals surface area contributed by atoms with Crippen LogP contribution in [-0.2, 0) is 9.53 Å². The number of hydrogen-bond donors (Lipinski definition) is 2. The number of nitrogens with one attached hydrogen (secondary N) is 2. The number of piperazine rings is 1. The molecule has 0 radical (unpaired) electrons. The predicted octanol–water partition coefficient (Wildman–Crippen LogP) is 3.45. The Bertz CT molecular complexity index is 988. The molecule has 2 aliphatic rings. The largest absolute Gasteiger partial charge is 0.463 e. The number of ether oxygens (including phenoxy) is 1. The molecule has 0 bridgehead atoms. The molecule has 0 aliphatic carbocycles. The normalized spacial score (nSPS) is 19.4. The van der Waals surface area contributed by atoms with E-state index in [4.69, 9.17) is 4.74 Å². The molecule has 1 fully saturated rings. The molecule has 0 saturated carbocycles. The minimum atomic E-state index is -0.595. The van der Waals surface area contributed by atoms with Gasteiger partial charge in [-0.25, -0.2) is 14.4 Å². The maximum atomic E-state index is 13.2. The quantitative estimate of drug-likeness (QED) is 0.585. The molecule has 4 amide bonds. The summed E-state index contributed by atoms with van der Waals surface area (Å²) in [7, 11) is 1.68. The third kappa shape index (κ3) is 6.57. The van der Waals surface area contributed by atoms with Crippen molar-refractivity contribution in [1.82, 2.24) is 25.3 Å². The summed E-state index contributed by atoms with van der Waals surface area (Å²) in [6.45, 7) is 15.0. The molecule has 9 heteroatoms. The number of hydrogen-bond acceptors (Lipinski definition) is 5. The van der Waals surface area contributed by atoms with Crippen molar-refractivity contribution in [3.8, 4) is 0 Å². The van der Waals surface area contributed by atoms with E-state index in [2.05, 4.69) is 29.4 Å². The number of carbonyl (C=O) groups is 3. The fourth-order valence-electron chi connectivity index (χ4n) is 4.44. The van der Waals surface area contributed by atoms with Crippen molar-refractivity contribution in [2.45, 2.75) is 59.0 Å². The number of nitrogens with zero attached hydrogens (tertiary/aromatic N) is 3. The standard InChI is InChI=1S/C27H41N5O4/c1-8-36-24(33)22-21(17-31-13-15-32(16-14-31)26(35)29-27(4,5)6)30(7)25(34)28-23(22)20-11-9-19(10-12-20)18(2)3/h9-12,18,23H,8,13-17H2,1-7H3,(H,28,34)(H,29,35)/t23-/m0/s1. The zero-order valence-electron chi connectivity index (χ0n) is 22.7. The van der Waals surface area contributed by atoms with Crippen LogP contribution in [0.1, 0.15) is 64.6 Å². The summed E-state index contributed by atoms with van der Waals surface area (Å²) in [5, 5.41) is 5.99. The molecule has 0 spiro atoms. The minimum Gasteiger partial charge on any atom is -0.463 e. The third-order valence-corrected chi connectivity index (χ3v) is 6.52. The number of esters is 1. The fourth-order valence-corrected chi connectivity index (χ4v) is 4.44. The highest BCUT2D eigenvalue weighted by Crippen LogP contribution is 2.32. The van der Waals surface area contributed by atoms with Crippen LogP contribution >= 0.6 is 0 Å². The molecular weight excluding hydrogens is 458 g/mol. The summed E-state index contributed by atoms with van der Waals surface area (Å²) in [5.41, 5.74) is 2.80. The van der Waals surface area contributed by atoms with E-state index in [-0.39, 0.29) is 24.2 Å². The van der Waals surface area contributed by atoms with E-state index in [1.54, 1.807) is 18.9 Å². The van der Waals surface area contributed by atoms with Gasteiger partial charge in [0.05, 0.1) is 18.2 Å². The molecule has 0 aromatic heterocycles. The second-order valence-electron chi connectivity index (χ2n) is 10.8. The smallest absolute Gasteiger partial charge is 0.338 e. The van der Waals surface area contributed by atoms with Gasteiger partial charge in [-0.05, 0) is 44.7 Å². The van der Waals surface area contributed by atoms with Gasteiger partial charge in [-0.2, -0.15) is 0 Å². The number of likely N-dealkylation sites (N-methyl/N-ethyl adjacent to an activating group) is 1.